The third-order valence-corrected chi connectivity index (χ3v) is 4.10. The van der Waals surface area contributed by atoms with Gasteiger partial charge in [0.05, 0.1) is 7.11 Å². The Balaban J connectivity index is 2.08. The number of hydrogen-bond donors (Lipinski definition) is 2. The van der Waals surface area contributed by atoms with Crippen LogP contribution >= 0.6 is 11.6 Å². The van der Waals surface area contributed by atoms with Gasteiger partial charge in [0.15, 0.2) is 11.5 Å². The highest BCUT2D eigenvalue weighted by Gasteiger charge is 2.45. The molecule has 23 heavy (non-hydrogen) atoms. The van der Waals surface area contributed by atoms with Crippen LogP contribution in [-0.2, 0) is 16.8 Å². The fraction of sp³-hybridized carbons (Fsp3) is 0.176. The molecule has 118 valence electrons. The molecule has 0 unspecified atom stereocenters. The molecular weight excluding hydrogens is 314 g/mol. The summed E-state index contributed by atoms with van der Waals surface area (Å²) in [6.45, 7) is 0. The molecule has 0 spiro atoms. The lowest BCUT2D eigenvalue weighted by Crippen LogP contribution is -2.40. The van der Waals surface area contributed by atoms with Gasteiger partial charge in [-0.15, -0.1) is 0 Å². The van der Waals surface area contributed by atoms with Gasteiger partial charge in [-0.05, 0) is 35.4 Å². The molecule has 5 nitrogen and oxygen atoms in total. The SMILES string of the molecule is COc1cccc([C@]2(Cc3ccc(Cl)cc3)N=C(N)NC2=O)c1. The van der Waals surface area contributed by atoms with Crippen molar-refractivity contribution in [1.82, 2.24) is 5.32 Å². The third kappa shape index (κ3) is 2.87. The largest absolute Gasteiger partial charge is 0.497 e. The van der Waals surface area contributed by atoms with Gasteiger partial charge in [-0.2, -0.15) is 0 Å². The van der Waals surface area contributed by atoms with E-state index in [-0.39, 0.29) is 11.9 Å². The Hall–Kier alpha value is -2.53. The minimum Gasteiger partial charge on any atom is -0.497 e. The molecule has 1 heterocycles. The number of benzene rings is 2. The van der Waals surface area contributed by atoms with Crippen molar-refractivity contribution < 1.29 is 9.53 Å². The van der Waals surface area contributed by atoms with E-state index in [9.17, 15) is 4.79 Å². The average molecular weight is 330 g/mol. The van der Waals surface area contributed by atoms with Crippen LogP contribution < -0.4 is 15.8 Å². The monoisotopic (exact) mass is 329 g/mol. The summed E-state index contributed by atoms with van der Waals surface area (Å²) in [4.78, 5) is 17.0. The zero-order chi connectivity index (χ0) is 16.4. The summed E-state index contributed by atoms with van der Waals surface area (Å²) >= 11 is 5.93. The van der Waals surface area contributed by atoms with Crippen molar-refractivity contribution in [3.8, 4) is 5.75 Å². The van der Waals surface area contributed by atoms with E-state index in [2.05, 4.69) is 10.3 Å². The number of nitrogens with one attached hydrogen (secondary N) is 1. The van der Waals surface area contributed by atoms with Crippen LogP contribution in [-0.4, -0.2) is 19.0 Å². The van der Waals surface area contributed by atoms with Gasteiger partial charge in [-0.3, -0.25) is 10.1 Å². The van der Waals surface area contributed by atoms with Crippen LogP contribution in [0.4, 0.5) is 0 Å². The van der Waals surface area contributed by atoms with Crippen molar-refractivity contribution in [3.05, 3.63) is 64.7 Å². The van der Waals surface area contributed by atoms with Crippen LogP contribution in [0.2, 0.25) is 5.02 Å². The van der Waals surface area contributed by atoms with Crippen LogP contribution in [0.5, 0.6) is 5.75 Å². The molecule has 3 N–H and O–H groups in total. The highest BCUT2D eigenvalue weighted by atomic mass is 35.5. The number of ether oxygens (including phenoxy) is 1. The predicted molar refractivity (Wildman–Crippen MR) is 89.6 cm³/mol. The Morgan fingerprint density at radius 1 is 1.26 bits per heavy atom. The van der Waals surface area contributed by atoms with E-state index in [0.717, 1.165) is 11.1 Å². The minimum atomic E-state index is -1.10. The lowest BCUT2D eigenvalue weighted by molar-refractivity contribution is -0.124. The minimum absolute atomic E-state index is 0.117. The maximum atomic E-state index is 12.6. The normalized spacial score (nSPS) is 20.1. The Bertz CT molecular complexity index is 774. The van der Waals surface area contributed by atoms with Gasteiger partial charge in [0.25, 0.3) is 5.91 Å². The van der Waals surface area contributed by atoms with E-state index in [4.69, 9.17) is 22.1 Å². The summed E-state index contributed by atoms with van der Waals surface area (Å²) in [5.41, 5.74) is 6.31. The van der Waals surface area contributed by atoms with Gasteiger partial charge >= 0.3 is 0 Å². The number of amides is 1. The number of carbonyl (C=O) groups is 1. The number of carbonyl (C=O) groups excluding carboxylic acids is 1. The standard InChI is InChI=1S/C17H16ClN3O2/c1-23-14-4-2-3-12(9-14)17(15(22)20-16(19)21-17)10-11-5-7-13(18)8-6-11/h2-9H,10H2,1H3,(H3,19,20,21,22)/t17-/m0/s1. The maximum absolute atomic E-state index is 12.6. The Labute approximate surface area is 139 Å². The van der Waals surface area contributed by atoms with E-state index >= 15 is 0 Å². The highest BCUT2D eigenvalue weighted by molar-refractivity contribution is 6.30. The Morgan fingerprint density at radius 3 is 2.61 bits per heavy atom. The number of hydrogen-bond acceptors (Lipinski definition) is 4. The lowest BCUT2D eigenvalue weighted by atomic mass is 9.84. The molecule has 0 fully saturated rings. The van der Waals surface area contributed by atoms with Gasteiger partial charge in [0.2, 0.25) is 0 Å². The van der Waals surface area contributed by atoms with Crippen LogP contribution in [0.1, 0.15) is 11.1 Å². The van der Waals surface area contributed by atoms with Crippen LogP contribution in [0, 0.1) is 0 Å². The van der Waals surface area contributed by atoms with Crippen LogP contribution in [0.15, 0.2) is 53.5 Å². The molecule has 1 aliphatic heterocycles. The zero-order valence-electron chi connectivity index (χ0n) is 12.5. The molecular formula is C17H16ClN3O2. The summed E-state index contributed by atoms with van der Waals surface area (Å²) in [5.74, 6) is 0.524. The summed E-state index contributed by atoms with van der Waals surface area (Å²) < 4.78 is 5.26. The molecule has 6 heteroatoms. The Kier molecular flexibility index (Phi) is 3.96. The average Bonchev–Trinajstić information content (AvgIpc) is 2.84. The van der Waals surface area contributed by atoms with E-state index < -0.39 is 5.54 Å². The summed E-state index contributed by atoms with van der Waals surface area (Å²) in [6, 6.07) is 14.6. The first-order valence-electron chi connectivity index (χ1n) is 7.09. The topological polar surface area (TPSA) is 76.7 Å². The van der Waals surface area contributed by atoms with Crippen molar-refractivity contribution in [2.24, 2.45) is 10.7 Å². The van der Waals surface area contributed by atoms with Gasteiger partial charge < -0.3 is 10.5 Å². The fourth-order valence-corrected chi connectivity index (χ4v) is 2.83. The van der Waals surface area contributed by atoms with E-state index in [1.54, 1.807) is 25.3 Å². The van der Waals surface area contributed by atoms with Crippen molar-refractivity contribution in [3.63, 3.8) is 0 Å². The highest BCUT2D eigenvalue weighted by Crippen LogP contribution is 2.35. The molecule has 2 aromatic rings. The quantitative estimate of drug-likeness (QED) is 0.903. The molecule has 2 aromatic carbocycles. The van der Waals surface area contributed by atoms with E-state index in [1.807, 2.05) is 30.3 Å². The second-order valence-electron chi connectivity index (χ2n) is 5.35. The second kappa shape index (κ2) is 5.93. The Morgan fingerprint density at radius 2 is 2.00 bits per heavy atom. The van der Waals surface area contributed by atoms with Crippen molar-refractivity contribution in [2.75, 3.05) is 7.11 Å². The van der Waals surface area contributed by atoms with Gasteiger partial charge in [0, 0.05) is 11.4 Å². The van der Waals surface area contributed by atoms with Crippen molar-refractivity contribution in [2.45, 2.75) is 12.0 Å². The summed E-state index contributed by atoms with van der Waals surface area (Å²) in [5, 5.41) is 3.24. The van der Waals surface area contributed by atoms with Gasteiger partial charge in [-0.1, -0.05) is 35.9 Å². The first-order chi connectivity index (χ1) is 11.0. The molecule has 1 atom stereocenters. The zero-order valence-corrected chi connectivity index (χ0v) is 13.3. The summed E-state index contributed by atoms with van der Waals surface area (Å²) in [6.07, 6.45) is 0.379. The molecule has 0 bridgehead atoms. The number of aliphatic imine (C=N–C) groups is 1. The number of nitrogens with zero attached hydrogens (tertiary/aromatic N) is 1. The lowest BCUT2D eigenvalue weighted by Gasteiger charge is -2.24. The molecule has 0 saturated carbocycles. The molecule has 1 amide bonds. The number of methoxy groups -OCH3 is 1. The molecule has 0 saturated heterocycles. The first-order valence-corrected chi connectivity index (χ1v) is 7.47. The third-order valence-electron chi connectivity index (χ3n) is 3.85. The summed E-state index contributed by atoms with van der Waals surface area (Å²) in [7, 11) is 1.58. The number of guanidine groups is 1. The van der Waals surface area contributed by atoms with Crippen LogP contribution in [0.3, 0.4) is 0 Å². The first kappa shape index (κ1) is 15.4. The number of rotatable bonds is 4. The fourth-order valence-electron chi connectivity index (χ4n) is 2.70. The molecule has 1 aliphatic rings. The molecule has 0 radical (unpaired) electrons. The van der Waals surface area contributed by atoms with Crippen LogP contribution in [0.25, 0.3) is 0 Å². The number of nitrogens with two attached hydrogens (primary N) is 1. The van der Waals surface area contributed by atoms with Crippen molar-refractivity contribution >= 4 is 23.5 Å². The second-order valence-corrected chi connectivity index (χ2v) is 5.78. The predicted octanol–water partition coefficient (Wildman–Crippen LogP) is 2.23. The van der Waals surface area contributed by atoms with E-state index in [0.29, 0.717) is 17.2 Å². The molecule has 0 aliphatic carbocycles. The van der Waals surface area contributed by atoms with Gasteiger partial charge in [-0.25, -0.2) is 4.99 Å². The molecule has 3 rings (SSSR count). The molecule has 0 aromatic heterocycles. The van der Waals surface area contributed by atoms with Crippen molar-refractivity contribution in [1.29, 1.82) is 0 Å². The maximum Gasteiger partial charge on any atom is 0.259 e. The smallest absolute Gasteiger partial charge is 0.259 e. The van der Waals surface area contributed by atoms with Gasteiger partial charge in [0.1, 0.15) is 5.75 Å². The number of halogens is 1. The van der Waals surface area contributed by atoms with E-state index in [1.165, 1.54) is 0 Å².